The smallest absolute Gasteiger partial charge is 0.405 e. The topological polar surface area (TPSA) is 67.6 Å². The number of alkyl halides is 3. The Kier molecular flexibility index (Phi) is 5.49. The fourth-order valence-electron chi connectivity index (χ4n) is 4.58. The van der Waals surface area contributed by atoms with Gasteiger partial charge in [0, 0.05) is 15.9 Å². The summed E-state index contributed by atoms with van der Waals surface area (Å²) in [5.41, 5.74) is 4.05. The van der Waals surface area contributed by atoms with Crippen LogP contribution >= 0.6 is 0 Å². The van der Waals surface area contributed by atoms with Gasteiger partial charge in [0.05, 0.1) is 0 Å². The lowest BCUT2D eigenvalue weighted by molar-refractivity contribution is -0.667. The summed E-state index contributed by atoms with van der Waals surface area (Å²) in [6, 6.07) is 7.24. The van der Waals surface area contributed by atoms with Crippen molar-refractivity contribution in [2.24, 2.45) is 0 Å². The third-order valence-corrected chi connectivity index (χ3v) is 6.57. The summed E-state index contributed by atoms with van der Waals surface area (Å²) in [7, 11) is 0. The molecule has 0 aromatic heterocycles. The van der Waals surface area contributed by atoms with E-state index in [9.17, 15) is 22.8 Å². The number of nitrogens with one attached hydrogen (secondary N) is 1. The molecule has 0 bridgehead atoms. The number of nitrogens with zero attached hydrogens (tertiary/aromatic N) is 1. The fourth-order valence-corrected chi connectivity index (χ4v) is 4.58. The Hall–Kier alpha value is -3.36. The van der Waals surface area contributed by atoms with E-state index in [1.807, 2.05) is 18.3 Å². The first-order valence-corrected chi connectivity index (χ1v) is 10.9. The summed E-state index contributed by atoms with van der Waals surface area (Å²) in [5.74, 6) is -0.358. The molecule has 1 N–H and O–H groups in total. The summed E-state index contributed by atoms with van der Waals surface area (Å²) in [6.45, 7) is 10.5. The van der Waals surface area contributed by atoms with E-state index in [1.165, 1.54) is 30.0 Å². The molecule has 6 nitrogen and oxygen atoms in total. The van der Waals surface area contributed by atoms with Crippen molar-refractivity contribution in [3.63, 3.8) is 0 Å². The quantitative estimate of drug-likeness (QED) is 0.429. The van der Waals surface area contributed by atoms with Crippen molar-refractivity contribution in [3.05, 3.63) is 52.6 Å². The maximum atomic E-state index is 13.2. The molecule has 0 saturated carbocycles. The van der Waals surface area contributed by atoms with Gasteiger partial charge in [0.2, 0.25) is 0 Å². The molecule has 34 heavy (non-hydrogen) atoms. The monoisotopic (exact) mass is 475 g/mol. The Balaban J connectivity index is 1.91. The minimum absolute atomic E-state index is 0.0535. The number of amides is 3. The van der Waals surface area contributed by atoms with Crippen molar-refractivity contribution < 1.29 is 37.1 Å². The zero-order chi connectivity index (χ0) is 25.1. The number of urea groups is 1. The van der Waals surface area contributed by atoms with E-state index in [2.05, 4.69) is 38.5 Å². The van der Waals surface area contributed by atoms with Crippen LogP contribution in [0.5, 0.6) is 5.75 Å². The maximum Gasteiger partial charge on any atom is 0.573 e. The number of hydrogen-bond acceptors (Lipinski definition) is 4. The third kappa shape index (κ3) is 4.51. The maximum absolute atomic E-state index is 13.2. The summed E-state index contributed by atoms with van der Waals surface area (Å²) in [4.78, 5) is 27.8. The Labute approximate surface area is 195 Å². The van der Waals surface area contributed by atoms with E-state index < -0.39 is 18.5 Å². The highest BCUT2D eigenvalue weighted by Crippen LogP contribution is 2.48. The highest BCUT2D eigenvalue weighted by molar-refractivity contribution is 5.93. The standard InChI is InChI=1S/C25H25F3N2O4/c1-14-10-18-19(24(4,5)9-8-23(18,2)3)12-16(14)17-11-15(6-7-20(17)33-25(26,27)28)13-30-21(31)29-22(32)34-30/h6-7,10-13H,8-9H2,1-5H3/p+1. The van der Waals surface area contributed by atoms with Crippen LogP contribution in [0.1, 0.15) is 62.8 Å². The molecule has 1 aliphatic heterocycles. The normalized spacial score (nSPS) is 20.1. The summed E-state index contributed by atoms with van der Waals surface area (Å²) in [6.07, 6.45) is -2.64. The Morgan fingerprint density at radius 2 is 1.62 bits per heavy atom. The van der Waals surface area contributed by atoms with E-state index in [1.54, 1.807) is 0 Å². The third-order valence-electron chi connectivity index (χ3n) is 6.57. The van der Waals surface area contributed by atoms with Gasteiger partial charge in [0.15, 0.2) is 0 Å². The minimum atomic E-state index is -4.88. The van der Waals surface area contributed by atoms with E-state index in [0.717, 1.165) is 24.0 Å². The Bertz CT molecular complexity index is 1230. The molecule has 1 aliphatic carbocycles. The van der Waals surface area contributed by atoms with Crippen LogP contribution < -0.4 is 10.1 Å². The van der Waals surface area contributed by atoms with Gasteiger partial charge in [-0.3, -0.25) is 0 Å². The Morgan fingerprint density at radius 1 is 1.00 bits per heavy atom. The van der Waals surface area contributed by atoms with Crippen LogP contribution in [-0.4, -0.2) is 29.4 Å². The number of fused-ring (bicyclic) bond motifs is 1. The number of imide groups is 1. The second-order valence-corrected chi connectivity index (χ2v) is 10.0. The van der Waals surface area contributed by atoms with E-state index in [4.69, 9.17) is 4.84 Å². The van der Waals surface area contributed by atoms with Crippen molar-refractivity contribution in [1.29, 1.82) is 0 Å². The molecule has 0 radical (unpaired) electrons. The van der Waals surface area contributed by atoms with Gasteiger partial charge in [-0.1, -0.05) is 33.8 Å². The van der Waals surface area contributed by atoms with Gasteiger partial charge in [0.1, 0.15) is 12.0 Å². The van der Waals surface area contributed by atoms with Crippen LogP contribution in [-0.2, 0) is 15.7 Å². The number of carbonyl (C=O) groups is 2. The molecule has 2 aromatic rings. The first-order chi connectivity index (χ1) is 15.7. The highest BCUT2D eigenvalue weighted by atomic mass is 19.4. The van der Waals surface area contributed by atoms with Gasteiger partial charge in [0.25, 0.3) is 0 Å². The summed E-state index contributed by atoms with van der Waals surface area (Å²) < 4.78 is 44.7. The van der Waals surface area contributed by atoms with Crippen LogP contribution in [0.3, 0.4) is 0 Å². The first kappa shape index (κ1) is 23.8. The van der Waals surface area contributed by atoms with Crippen LogP contribution in [0, 0.1) is 6.92 Å². The number of benzene rings is 2. The number of rotatable bonds is 3. The predicted molar refractivity (Wildman–Crippen MR) is 119 cm³/mol. The van der Waals surface area contributed by atoms with Crippen LogP contribution in [0.4, 0.5) is 22.8 Å². The molecule has 1 fully saturated rings. The van der Waals surface area contributed by atoms with Gasteiger partial charge < -0.3 is 4.74 Å². The highest BCUT2D eigenvalue weighted by Gasteiger charge is 2.39. The van der Waals surface area contributed by atoms with Crippen LogP contribution in [0.15, 0.2) is 30.3 Å². The number of hydrogen-bond donors (Lipinski definition) is 1. The van der Waals surface area contributed by atoms with Crippen molar-refractivity contribution in [2.45, 2.75) is 64.7 Å². The molecule has 0 unspecified atom stereocenters. The SMILES string of the molecule is Cc1cc2c(cc1-c1cc(C=[N+]3OC(=O)NC3=O)ccc1OC(F)(F)F)C(C)(C)CCC2(C)C. The molecule has 2 aliphatic rings. The molecule has 0 spiro atoms. The lowest BCUT2D eigenvalue weighted by Gasteiger charge is -2.42. The van der Waals surface area contributed by atoms with Gasteiger partial charge in [-0.2, -0.15) is 9.59 Å². The molecule has 9 heteroatoms. The molecule has 1 heterocycles. The molecular formula is C25H26F3N2O4+. The molecule has 0 atom stereocenters. The number of ether oxygens (including phenoxy) is 1. The lowest BCUT2D eigenvalue weighted by atomic mass is 9.62. The summed E-state index contributed by atoms with van der Waals surface area (Å²) >= 11 is 0. The van der Waals surface area contributed by atoms with Crippen molar-refractivity contribution >= 4 is 18.3 Å². The number of halogens is 3. The van der Waals surface area contributed by atoms with Gasteiger partial charge in [-0.15, -0.1) is 18.5 Å². The second-order valence-electron chi connectivity index (χ2n) is 10.0. The van der Waals surface area contributed by atoms with Crippen molar-refractivity contribution in [3.8, 4) is 16.9 Å². The zero-order valence-corrected chi connectivity index (χ0v) is 19.6. The van der Waals surface area contributed by atoms with Gasteiger partial charge in [-0.25, -0.2) is 4.84 Å². The van der Waals surface area contributed by atoms with Crippen molar-refractivity contribution in [2.75, 3.05) is 0 Å². The molecule has 180 valence electrons. The number of aryl methyl sites for hydroxylation is 1. The average Bonchev–Trinajstić information content (AvgIpc) is 3.02. The van der Waals surface area contributed by atoms with Gasteiger partial charge in [-0.05, 0) is 77.1 Å². The first-order valence-electron chi connectivity index (χ1n) is 10.9. The van der Waals surface area contributed by atoms with E-state index >= 15 is 0 Å². The largest absolute Gasteiger partial charge is 0.573 e. The molecule has 4 rings (SSSR count). The van der Waals surface area contributed by atoms with Gasteiger partial charge >= 0.3 is 18.5 Å². The zero-order valence-electron chi connectivity index (χ0n) is 19.6. The Morgan fingerprint density at radius 3 is 2.18 bits per heavy atom. The summed E-state index contributed by atoms with van der Waals surface area (Å²) in [5, 5.41) is 1.96. The number of hydroxylamine groups is 1. The number of carbonyl (C=O) groups excluding carboxylic acids is 2. The van der Waals surface area contributed by atoms with Crippen LogP contribution in [0.25, 0.3) is 11.1 Å². The molecular weight excluding hydrogens is 449 g/mol. The fraction of sp³-hybridized carbons (Fsp3) is 0.400. The molecule has 3 amide bonds. The average molecular weight is 475 g/mol. The predicted octanol–water partition coefficient (Wildman–Crippen LogP) is 6.12. The molecule has 2 aromatic carbocycles. The van der Waals surface area contributed by atoms with E-state index in [0.29, 0.717) is 15.9 Å². The van der Waals surface area contributed by atoms with E-state index in [-0.39, 0.29) is 22.1 Å². The second kappa shape index (κ2) is 7.85. The lowest BCUT2D eigenvalue weighted by Crippen LogP contribution is -2.34. The minimum Gasteiger partial charge on any atom is -0.405 e. The van der Waals surface area contributed by atoms with Crippen LogP contribution in [0.2, 0.25) is 0 Å². The van der Waals surface area contributed by atoms with Crippen molar-refractivity contribution in [1.82, 2.24) is 5.32 Å². The molecule has 1 saturated heterocycles.